The predicted octanol–water partition coefficient (Wildman–Crippen LogP) is 4.68. The van der Waals surface area contributed by atoms with Gasteiger partial charge < -0.3 is 5.32 Å². The zero-order valence-corrected chi connectivity index (χ0v) is 16.3. The van der Waals surface area contributed by atoms with Crippen molar-refractivity contribution in [3.63, 3.8) is 0 Å². The maximum Gasteiger partial charge on any atom is 0.272 e. The van der Waals surface area contributed by atoms with Crippen LogP contribution in [0, 0.1) is 0 Å². The van der Waals surface area contributed by atoms with Gasteiger partial charge in [-0.1, -0.05) is 49.4 Å². The lowest BCUT2D eigenvalue weighted by atomic mass is 9.96. The molecule has 140 valence electrons. The summed E-state index contributed by atoms with van der Waals surface area (Å²) in [4.78, 5) is 26.2. The molecule has 28 heavy (non-hydrogen) atoms. The van der Waals surface area contributed by atoms with Gasteiger partial charge >= 0.3 is 0 Å². The second-order valence-electron chi connectivity index (χ2n) is 6.47. The molecule has 1 amide bonds. The third-order valence-corrected chi connectivity index (χ3v) is 5.73. The van der Waals surface area contributed by atoms with E-state index in [1.165, 1.54) is 16.9 Å². The first-order valence-corrected chi connectivity index (χ1v) is 10.1. The fraction of sp³-hybridized carbons (Fsp3) is 0.182. The number of fused-ring (bicyclic) bond motifs is 1. The summed E-state index contributed by atoms with van der Waals surface area (Å²) in [5.41, 5.74) is 2.95. The van der Waals surface area contributed by atoms with E-state index in [1.807, 2.05) is 42.5 Å². The Kier molecular flexibility index (Phi) is 5.39. The average molecular weight is 388 g/mol. The highest BCUT2D eigenvalue weighted by molar-refractivity contribution is 7.21. The number of benzene rings is 2. The molecule has 1 N–H and O–H groups in total. The molecule has 4 aromatic rings. The minimum absolute atomic E-state index is 0.225. The summed E-state index contributed by atoms with van der Waals surface area (Å²) >= 11 is 1.51. The van der Waals surface area contributed by atoms with Gasteiger partial charge in [0, 0.05) is 24.9 Å². The fourth-order valence-electron chi connectivity index (χ4n) is 3.16. The summed E-state index contributed by atoms with van der Waals surface area (Å²) in [6.45, 7) is 2.67. The van der Waals surface area contributed by atoms with Crippen LogP contribution in [0.2, 0.25) is 0 Å². The third kappa shape index (κ3) is 3.77. The number of para-hydroxylation sites is 1. The van der Waals surface area contributed by atoms with Gasteiger partial charge in [-0.05, 0) is 24.1 Å². The lowest BCUT2D eigenvalue weighted by Crippen LogP contribution is -2.29. The first-order valence-electron chi connectivity index (χ1n) is 9.26. The highest BCUT2D eigenvalue weighted by atomic mass is 32.1. The van der Waals surface area contributed by atoms with Gasteiger partial charge in [-0.15, -0.1) is 11.3 Å². The van der Waals surface area contributed by atoms with E-state index >= 15 is 0 Å². The Labute approximate surface area is 167 Å². The molecule has 0 aliphatic heterocycles. The largest absolute Gasteiger partial charge is 0.350 e. The van der Waals surface area contributed by atoms with Gasteiger partial charge in [0.25, 0.3) is 5.91 Å². The van der Waals surface area contributed by atoms with Crippen molar-refractivity contribution in [2.45, 2.75) is 19.3 Å². The van der Waals surface area contributed by atoms with Crippen LogP contribution >= 0.6 is 11.3 Å². The Morgan fingerprint density at radius 3 is 2.57 bits per heavy atom. The van der Waals surface area contributed by atoms with E-state index in [0.717, 1.165) is 16.6 Å². The number of carbonyl (C=O) groups excluding carboxylic acids is 1. The Balaban J connectivity index is 1.57. The number of nitrogens with zero attached hydrogens (tertiary/aromatic N) is 3. The molecular weight excluding hydrogens is 368 g/mol. The van der Waals surface area contributed by atoms with E-state index in [4.69, 9.17) is 0 Å². The lowest BCUT2D eigenvalue weighted by molar-refractivity contribution is 0.0946. The van der Waals surface area contributed by atoms with Gasteiger partial charge in [-0.3, -0.25) is 4.79 Å². The second kappa shape index (κ2) is 8.27. The zero-order chi connectivity index (χ0) is 19.3. The molecule has 4 rings (SSSR count). The van der Waals surface area contributed by atoms with E-state index in [0.29, 0.717) is 22.9 Å². The average Bonchev–Trinajstić information content (AvgIpc) is 3.19. The van der Waals surface area contributed by atoms with Gasteiger partial charge in [-0.25, -0.2) is 15.0 Å². The van der Waals surface area contributed by atoms with Crippen molar-refractivity contribution >= 4 is 27.5 Å². The molecule has 2 heterocycles. The van der Waals surface area contributed by atoms with Crippen molar-refractivity contribution in [3.8, 4) is 10.7 Å². The molecule has 1 atom stereocenters. The van der Waals surface area contributed by atoms with Crippen LogP contribution in [0.25, 0.3) is 20.9 Å². The summed E-state index contributed by atoms with van der Waals surface area (Å²) in [7, 11) is 0. The molecule has 6 heteroatoms. The Morgan fingerprint density at radius 1 is 1.04 bits per heavy atom. The Bertz CT molecular complexity index is 1060. The molecule has 0 saturated heterocycles. The molecule has 0 fully saturated rings. The topological polar surface area (TPSA) is 67.8 Å². The SMILES string of the molecule is CC[C@H](CNC(=O)c1nccnc1-c1nc2ccccc2s1)c1ccccc1. The van der Waals surface area contributed by atoms with Crippen molar-refractivity contribution in [3.05, 3.63) is 78.2 Å². The number of rotatable bonds is 6. The summed E-state index contributed by atoms with van der Waals surface area (Å²) in [5, 5.41) is 3.73. The smallest absolute Gasteiger partial charge is 0.272 e. The fourth-order valence-corrected chi connectivity index (χ4v) is 4.12. The highest BCUT2D eigenvalue weighted by Crippen LogP contribution is 2.30. The predicted molar refractivity (Wildman–Crippen MR) is 112 cm³/mol. The quantitative estimate of drug-likeness (QED) is 0.521. The van der Waals surface area contributed by atoms with E-state index in [2.05, 4.69) is 39.3 Å². The van der Waals surface area contributed by atoms with E-state index in [1.54, 1.807) is 12.4 Å². The van der Waals surface area contributed by atoms with Crippen molar-refractivity contribution in [2.24, 2.45) is 0 Å². The number of aromatic nitrogens is 3. The standard InChI is InChI=1S/C22H20N4OS/c1-2-15(16-8-4-3-5-9-16)14-25-21(27)19-20(24-13-12-23-19)22-26-17-10-6-7-11-18(17)28-22/h3-13,15H,2,14H2,1H3,(H,25,27)/t15-/m1/s1. The van der Waals surface area contributed by atoms with Crippen LogP contribution in [-0.4, -0.2) is 27.4 Å². The number of nitrogens with one attached hydrogen (secondary N) is 1. The minimum Gasteiger partial charge on any atom is -0.350 e. The monoisotopic (exact) mass is 388 g/mol. The van der Waals surface area contributed by atoms with Crippen LogP contribution in [0.3, 0.4) is 0 Å². The molecule has 2 aromatic heterocycles. The zero-order valence-electron chi connectivity index (χ0n) is 15.5. The van der Waals surface area contributed by atoms with Crippen molar-refractivity contribution in [2.75, 3.05) is 6.54 Å². The Morgan fingerprint density at radius 2 is 1.79 bits per heavy atom. The van der Waals surface area contributed by atoms with E-state index < -0.39 is 0 Å². The molecule has 5 nitrogen and oxygen atoms in total. The first-order chi connectivity index (χ1) is 13.8. The van der Waals surface area contributed by atoms with Crippen LogP contribution in [-0.2, 0) is 0 Å². The van der Waals surface area contributed by atoms with Gasteiger partial charge in [-0.2, -0.15) is 0 Å². The summed E-state index contributed by atoms with van der Waals surface area (Å²) in [6, 6.07) is 18.1. The van der Waals surface area contributed by atoms with E-state index in [-0.39, 0.29) is 11.8 Å². The number of hydrogen-bond donors (Lipinski definition) is 1. The molecule has 0 spiro atoms. The minimum atomic E-state index is -0.225. The summed E-state index contributed by atoms with van der Waals surface area (Å²) in [5.74, 6) is 0.0319. The number of carbonyl (C=O) groups is 1. The van der Waals surface area contributed by atoms with Crippen molar-refractivity contribution < 1.29 is 4.79 Å². The van der Waals surface area contributed by atoms with Crippen molar-refractivity contribution in [1.29, 1.82) is 0 Å². The van der Waals surface area contributed by atoms with E-state index in [9.17, 15) is 4.79 Å². The van der Waals surface area contributed by atoms with Gasteiger partial charge in [0.15, 0.2) is 5.69 Å². The second-order valence-corrected chi connectivity index (χ2v) is 7.50. The van der Waals surface area contributed by atoms with Crippen LogP contribution in [0.15, 0.2) is 67.0 Å². The number of hydrogen-bond acceptors (Lipinski definition) is 5. The first kappa shape index (κ1) is 18.3. The molecule has 0 aliphatic carbocycles. The van der Waals surface area contributed by atoms with Gasteiger partial charge in [0.1, 0.15) is 10.7 Å². The Hall–Kier alpha value is -3.12. The van der Waals surface area contributed by atoms with Crippen LogP contribution in [0.1, 0.15) is 35.3 Å². The van der Waals surface area contributed by atoms with Gasteiger partial charge in [0.05, 0.1) is 10.2 Å². The maximum absolute atomic E-state index is 12.9. The normalized spacial score (nSPS) is 12.0. The van der Waals surface area contributed by atoms with Crippen LogP contribution in [0.5, 0.6) is 0 Å². The molecule has 2 aromatic carbocycles. The number of thiazole rings is 1. The maximum atomic E-state index is 12.9. The van der Waals surface area contributed by atoms with Gasteiger partial charge in [0.2, 0.25) is 0 Å². The molecule has 0 unspecified atom stereocenters. The molecule has 0 bridgehead atoms. The highest BCUT2D eigenvalue weighted by Gasteiger charge is 2.20. The third-order valence-electron chi connectivity index (χ3n) is 4.68. The molecule has 0 radical (unpaired) electrons. The summed E-state index contributed by atoms with van der Waals surface area (Å²) < 4.78 is 1.06. The lowest BCUT2D eigenvalue weighted by Gasteiger charge is -2.16. The molecule has 0 saturated carbocycles. The summed E-state index contributed by atoms with van der Waals surface area (Å²) in [6.07, 6.45) is 4.08. The van der Waals surface area contributed by atoms with Crippen LogP contribution in [0.4, 0.5) is 0 Å². The van der Waals surface area contributed by atoms with Crippen molar-refractivity contribution in [1.82, 2.24) is 20.3 Å². The molecular formula is C22H20N4OS. The molecule has 0 aliphatic rings. The number of amides is 1. The van der Waals surface area contributed by atoms with Crippen LogP contribution < -0.4 is 5.32 Å².